The molecule has 0 spiro atoms. The lowest BCUT2D eigenvalue weighted by atomic mass is 9.95. The standard InChI is InChI=1S/C32H35F2N5O4/c1-2-18-5-3-6-19-11-21(40)12-22(26(18)19)28-27(34)29-23(14-35-28)30(38-10-7-24(41)25(42)16-38)37-31(36-29)43-17-32-8-4-9-39(32)15-20(33)13-32/h3,5-6,11-12,14,20,24-25,40-42H,2,4,7-10,13,15-17H2,1H3/t20-,24+,25+,32+/m1/s1. The molecule has 0 bridgehead atoms. The highest BCUT2D eigenvalue weighted by Gasteiger charge is 2.49. The van der Waals surface area contributed by atoms with Crippen molar-refractivity contribution in [1.82, 2.24) is 19.9 Å². The zero-order chi connectivity index (χ0) is 29.9. The van der Waals surface area contributed by atoms with Gasteiger partial charge in [-0.05, 0) is 60.7 Å². The van der Waals surface area contributed by atoms with Gasteiger partial charge in [0.25, 0.3) is 0 Å². The number of ether oxygens (including phenoxy) is 1. The van der Waals surface area contributed by atoms with Crippen LogP contribution < -0.4 is 9.64 Å². The average Bonchev–Trinajstić information content (AvgIpc) is 3.52. The second kappa shape index (κ2) is 10.8. The van der Waals surface area contributed by atoms with Crippen molar-refractivity contribution < 1.29 is 28.8 Å². The zero-order valence-electron chi connectivity index (χ0n) is 24.0. The van der Waals surface area contributed by atoms with Crippen LogP contribution in [0, 0.1) is 5.82 Å². The number of aromatic hydroxyl groups is 1. The Hall–Kier alpha value is -3.67. The minimum atomic E-state index is -1.00. The van der Waals surface area contributed by atoms with Gasteiger partial charge in [0.1, 0.15) is 35.6 Å². The van der Waals surface area contributed by atoms with Gasteiger partial charge >= 0.3 is 6.01 Å². The Labute approximate surface area is 247 Å². The Morgan fingerprint density at radius 2 is 1.98 bits per heavy atom. The number of alkyl halides is 1. The van der Waals surface area contributed by atoms with Crippen molar-refractivity contribution in [2.45, 2.75) is 62.9 Å². The van der Waals surface area contributed by atoms with Crippen LogP contribution in [-0.4, -0.2) is 91.9 Å². The third-order valence-electron chi connectivity index (χ3n) is 9.40. The first kappa shape index (κ1) is 28.1. The molecule has 3 saturated heterocycles. The number of aliphatic hydroxyl groups excluding tert-OH is 2. The Morgan fingerprint density at radius 1 is 1.12 bits per heavy atom. The number of nitrogens with zero attached hydrogens (tertiary/aromatic N) is 5. The van der Waals surface area contributed by atoms with E-state index in [0.29, 0.717) is 49.1 Å². The summed E-state index contributed by atoms with van der Waals surface area (Å²) in [6.45, 7) is 3.85. The van der Waals surface area contributed by atoms with E-state index in [0.717, 1.165) is 35.7 Å². The summed E-state index contributed by atoms with van der Waals surface area (Å²) in [7, 11) is 0. The predicted octanol–water partition coefficient (Wildman–Crippen LogP) is 4.14. The van der Waals surface area contributed by atoms with Crippen molar-refractivity contribution in [2.24, 2.45) is 0 Å². The number of aliphatic hydroxyl groups is 2. The first-order valence-electron chi connectivity index (χ1n) is 15.0. The third-order valence-corrected chi connectivity index (χ3v) is 9.40. The molecule has 0 radical (unpaired) electrons. The van der Waals surface area contributed by atoms with Crippen LogP contribution in [0.3, 0.4) is 0 Å². The molecule has 7 rings (SSSR count). The number of hydrogen-bond acceptors (Lipinski definition) is 9. The lowest BCUT2D eigenvalue weighted by molar-refractivity contribution is 0.00788. The molecule has 5 heterocycles. The second-order valence-corrected chi connectivity index (χ2v) is 12.1. The number of aromatic nitrogens is 3. The molecule has 11 heteroatoms. The summed E-state index contributed by atoms with van der Waals surface area (Å²) in [5, 5.41) is 33.0. The predicted molar refractivity (Wildman–Crippen MR) is 159 cm³/mol. The highest BCUT2D eigenvalue weighted by Crippen LogP contribution is 2.41. The van der Waals surface area contributed by atoms with Gasteiger partial charge in [0.05, 0.1) is 23.1 Å². The molecule has 3 aliphatic rings. The van der Waals surface area contributed by atoms with Crippen LogP contribution in [0.15, 0.2) is 36.5 Å². The minimum Gasteiger partial charge on any atom is -0.508 e. The van der Waals surface area contributed by atoms with Crippen molar-refractivity contribution in [1.29, 1.82) is 0 Å². The van der Waals surface area contributed by atoms with Crippen molar-refractivity contribution >= 4 is 27.5 Å². The molecule has 0 aliphatic carbocycles. The molecule has 4 atom stereocenters. The Morgan fingerprint density at radius 3 is 2.79 bits per heavy atom. The highest BCUT2D eigenvalue weighted by atomic mass is 19.1. The molecule has 3 aliphatic heterocycles. The van der Waals surface area contributed by atoms with E-state index in [1.807, 2.05) is 25.1 Å². The quantitative estimate of drug-likeness (QED) is 0.304. The normalized spacial score (nSPS) is 26.0. The van der Waals surface area contributed by atoms with Crippen LogP contribution in [0.1, 0.15) is 38.2 Å². The molecule has 43 heavy (non-hydrogen) atoms. The van der Waals surface area contributed by atoms with Crippen LogP contribution >= 0.6 is 0 Å². The highest BCUT2D eigenvalue weighted by molar-refractivity contribution is 6.01. The number of hydrogen-bond donors (Lipinski definition) is 3. The van der Waals surface area contributed by atoms with E-state index in [1.165, 1.54) is 12.3 Å². The summed E-state index contributed by atoms with van der Waals surface area (Å²) in [5.41, 5.74) is 1.03. The van der Waals surface area contributed by atoms with Gasteiger partial charge in [0.2, 0.25) is 0 Å². The summed E-state index contributed by atoms with van der Waals surface area (Å²) in [6.07, 6.45) is 1.86. The maximum absolute atomic E-state index is 16.7. The van der Waals surface area contributed by atoms with Crippen LogP contribution in [0.25, 0.3) is 32.9 Å². The maximum Gasteiger partial charge on any atom is 0.319 e. The first-order chi connectivity index (χ1) is 20.8. The molecule has 2 aromatic heterocycles. The summed E-state index contributed by atoms with van der Waals surface area (Å²) in [4.78, 5) is 17.6. The van der Waals surface area contributed by atoms with Crippen LogP contribution in [0.5, 0.6) is 11.8 Å². The number of benzene rings is 2. The number of anilines is 1. The Bertz CT molecular complexity index is 1710. The summed E-state index contributed by atoms with van der Waals surface area (Å²) < 4.78 is 37.2. The molecular weight excluding hydrogens is 556 g/mol. The minimum absolute atomic E-state index is 0.00610. The smallest absolute Gasteiger partial charge is 0.319 e. The first-order valence-corrected chi connectivity index (χ1v) is 15.0. The molecule has 2 aromatic carbocycles. The number of β-amino-alcohol motifs (C(OH)–C–C–N with tert-alkyl or cyclic N) is 1. The molecule has 0 unspecified atom stereocenters. The Kier molecular flexibility index (Phi) is 7.06. The number of rotatable bonds is 6. The number of aryl methyl sites for hydroxylation is 1. The van der Waals surface area contributed by atoms with Crippen molar-refractivity contribution in [3.8, 4) is 23.0 Å². The van der Waals surface area contributed by atoms with Gasteiger partial charge in [-0.3, -0.25) is 9.88 Å². The van der Waals surface area contributed by atoms with E-state index >= 15 is 4.39 Å². The second-order valence-electron chi connectivity index (χ2n) is 12.1. The van der Waals surface area contributed by atoms with Crippen LogP contribution in [0.2, 0.25) is 0 Å². The van der Waals surface area contributed by atoms with E-state index in [-0.39, 0.29) is 36.1 Å². The number of fused-ring (bicyclic) bond motifs is 3. The summed E-state index contributed by atoms with van der Waals surface area (Å²) >= 11 is 0. The molecule has 3 N–H and O–H groups in total. The molecular formula is C32H35F2N5O4. The monoisotopic (exact) mass is 591 g/mol. The van der Waals surface area contributed by atoms with Gasteiger partial charge in [0, 0.05) is 37.8 Å². The Balaban J connectivity index is 1.36. The van der Waals surface area contributed by atoms with E-state index in [9.17, 15) is 19.7 Å². The fourth-order valence-electron chi connectivity index (χ4n) is 7.25. The maximum atomic E-state index is 16.7. The number of piperidine rings is 1. The van der Waals surface area contributed by atoms with E-state index < -0.39 is 29.7 Å². The van der Waals surface area contributed by atoms with Crippen molar-refractivity contribution in [3.05, 3.63) is 47.9 Å². The van der Waals surface area contributed by atoms with Gasteiger partial charge in [-0.25, -0.2) is 8.78 Å². The van der Waals surface area contributed by atoms with Crippen molar-refractivity contribution in [3.63, 3.8) is 0 Å². The average molecular weight is 592 g/mol. The van der Waals surface area contributed by atoms with Gasteiger partial charge < -0.3 is 25.0 Å². The lowest BCUT2D eigenvalue weighted by Crippen LogP contribution is -2.47. The SMILES string of the molecule is CCc1cccc2cc(O)cc(-c3ncc4c(N5CC[C@H](O)[C@@H](O)C5)nc(OC[C@@]56CCCN5C[C@H](F)C6)nc4c3F)c12. The third kappa shape index (κ3) is 4.83. The van der Waals surface area contributed by atoms with Crippen molar-refractivity contribution in [2.75, 3.05) is 37.7 Å². The molecule has 226 valence electrons. The van der Waals surface area contributed by atoms with Gasteiger partial charge in [-0.2, -0.15) is 9.97 Å². The number of phenolic OH excluding ortho intramolecular Hbond substituents is 1. The number of halogens is 2. The molecule has 0 amide bonds. The summed E-state index contributed by atoms with van der Waals surface area (Å²) in [6, 6.07) is 8.87. The molecule has 0 saturated carbocycles. The van der Waals surface area contributed by atoms with E-state index in [2.05, 4.69) is 19.9 Å². The fourth-order valence-corrected chi connectivity index (χ4v) is 7.25. The topological polar surface area (TPSA) is 115 Å². The van der Waals surface area contributed by atoms with Gasteiger partial charge in [-0.1, -0.05) is 25.1 Å². The lowest BCUT2D eigenvalue weighted by Gasteiger charge is -2.35. The van der Waals surface area contributed by atoms with Gasteiger partial charge in [0.15, 0.2) is 5.82 Å². The van der Waals surface area contributed by atoms with E-state index in [4.69, 9.17) is 4.74 Å². The van der Waals surface area contributed by atoms with E-state index in [1.54, 1.807) is 11.0 Å². The molecule has 4 aromatic rings. The van der Waals surface area contributed by atoms with Gasteiger partial charge in [-0.15, -0.1) is 0 Å². The number of pyridine rings is 1. The largest absolute Gasteiger partial charge is 0.508 e. The molecule has 9 nitrogen and oxygen atoms in total. The van der Waals surface area contributed by atoms with Crippen LogP contribution in [-0.2, 0) is 6.42 Å². The molecule has 3 fully saturated rings. The number of phenols is 1. The zero-order valence-corrected chi connectivity index (χ0v) is 24.0. The summed E-state index contributed by atoms with van der Waals surface area (Å²) in [5.74, 6) is -0.352. The fraction of sp³-hybridized carbons (Fsp3) is 0.469. The van der Waals surface area contributed by atoms with Crippen LogP contribution in [0.4, 0.5) is 14.6 Å².